The van der Waals surface area contributed by atoms with Crippen molar-refractivity contribution >= 4 is 11.8 Å². The predicted molar refractivity (Wildman–Crippen MR) is 128 cm³/mol. The van der Waals surface area contributed by atoms with Gasteiger partial charge >= 0.3 is 0 Å². The smallest absolute Gasteiger partial charge is 0.225 e. The predicted octanol–water partition coefficient (Wildman–Crippen LogP) is 5.75. The molecular formula is C27H48N2O2. The van der Waals surface area contributed by atoms with Crippen molar-refractivity contribution < 1.29 is 9.59 Å². The third-order valence-electron chi connectivity index (χ3n) is 8.72. The largest absolute Gasteiger partial charge is 0.341 e. The Labute approximate surface area is 191 Å². The van der Waals surface area contributed by atoms with Crippen LogP contribution in [0.25, 0.3) is 0 Å². The van der Waals surface area contributed by atoms with Crippen LogP contribution in [0.4, 0.5) is 0 Å². The average Bonchev–Trinajstić information content (AvgIpc) is 2.98. The number of carbonyl (C=O) groups excluding carboxylic acids is 2. The van der Waals surface area contributed by atoms with Gasteiger partial charge in [0.2, 0.25) is 11.8 Å². The van der Waals surface area contributed by atoms with Gasteiger partial charge in [0, 0.05) is 38.0 Å². The van der Waals surface area contributed by atoms with Gasteiger partial charge in [-0.2, -0.15) is 0 Å². The number of amides is 2. The van der Waals surface area contributed by atoms with Gasteiger partial charge in [0.25, 0.3) is 0 Å². The van der Waals surface area contributed by atoms with E-state index in [-0.39, 0.29) is 11.8 Å². The Hall–Kier alpha value is -1.06. The Balaban J connectivity index is 1.47. The number of hydrogen-bond acceptors (Lipinski definition) is 2. The van der Waals surface area contributed by atoms with Gasteiger partial charge in [-0.1, -0.05) is 41.5 Å². The second-order valence-corrected chi connectivity index (χ2v) is 12.8. The quantitative estimate of drug-likeness (QED) is 0.557. The number of hydrogen-bond donors (Lipinski definition) is 0. The summed E-state index contributed by atoms with van der Waals surface area (Å²) in [6, 6.07) is 0. The van der Waals surface area contributed by atoms with Gasteiger partial charge in [-0.3, -0.25) is 9.59 Å². The van der Waals surface area contributed by atoms with E-state index in [0.29, 0.717) is 22.6 Å². The molecule has 0 N–H and O–H groups in total. The molecular weight excluding hydrogens is 384 g/mol. The lowest BCUT2D eigenvalue weighted by molar-refractivity contribution is -0.139. The summed E-state index contributed by atoms with van der Waals surface area (Å²) >= 11 is 0. The van der Waals surface area contributed by atoms with Crippen molar-refractivity contribution in [3.05, 3.63) is 0 Å². The molecule has 2 aliphatic carbocycles. The topological polar surface area (TPSA) is 40.6 Å². The van der Waals surface area contributed by atoms with Gasteiger partial charge in [0.05, 0.1) is 0 Å². The van der Waals surface area contributed by atoms with E-state index in [2.05, 4.69) is 51.3 Å². The molecule has 0 aromatic heterocycles. The Morgan fingerprint density at radius 1 is 0.548 bits per heavy atom. The van der Waals surface area contributed by atoms with E-state index in [1.165, 1.54) is 25.7 Å². The minimum Gasteiger partial charge on any atom is -0.341 e. The first-order chi connectivity index (χ1) is 14.5. The van der Waals surface area contributed by atoms with Gasteiger partial charge in [-0.15, -0.1) is 0 Å². The van der Waals surface area contributed by atoms with Crippen molar-refractivity contribution in [1.82, 2.24) is 9.80 Å². The van der Waals surface area contributed by atoms with Crippen LogP contribution in [0.5, 0.6) is 0 Å². The van der Waals surface area contributed by atoms with Gasteiger partial charge in [-0.05, 0) is 80.5 Å². The second kappa shape index (κ2) is 9.83. The van der Waals surface area contributed by atoms with E-state index in [1.807, 2.05) is 0 Å². The van der Waals surface area contributed by atoms with E-state index in [9.17, 15) is 9.59 Å². The molecule has 1 aliphatic heterocycles. The molecule has 0 unspecified atom stereocenters. The molecule has 4 nitrogen and oxygen atoms in total. The molecule has 31 heavy (non-hydrogen) atoms. The van der Waals surface area contributed by atoms with Crippen LogP contribution in [0.15, 0.2) is 0 Å². The van der Waals surface area contributed by atoms with Crippen LogP contribution in [0.2, 0.25) is 0 Å². The van der Waals surface area contributed by atoms with Crippen LogP contribution < -0.4 is 0 Å². The summed E-state index contributed by atoms with van der Waals surface area (Å²) in [6.07, 6.45) is 9.78. The van der Waals surface area contributed by atoms with E-state index < -0.39 is 0 Å². The van der Waals surface area contributed by atoms with Gasteiger partial charge in [0.1, 0.15) is 0 Å². The molecule has 0 radical (unpaired) electrons. The molecule has 3 rings (SSSR count). The van der Waals surface area contributed by atoms with Crippen molar-refractivity contribution in [2.24, 2.45) is 34.5 Å². The molecule has 3 fully saturated rings. The lowest BCUT2D eigenvalue weighted by atomic mass is 9.69. The normalized spacial score (nSPS) is 31.3. The van der Waals surface area contributed by atoms with Crippen LogP contribution in [-0.4, -0.2) is 47.8 Å². The monoisotopic (exact) mass is 432 g/mol. The summed E-state index contributed by atoms with van der Waals surface area (Å²) in [7, 11) is 0. The summed E-state index contributed by atoms with van der Waals surface area (Å²) in [5.74, 6) is 2.59. The summed E-state index contributed by atoms with van der Waals surface area (Å²) in [4.78, 5) is 30.5. The molecule has 178 valence electrons. The summed E-state index contributed by atoms with van der Waals surface area (Å²) in [5.41, 5.74) is 0.701. The van der Waals surface area contributed by atoms with Crippen LogP contribution in [0, 0.1) is 34.5 Å². The zero-order valence-corrected chi connectivity index (χ0v) is 21.2. The molecule has 3 aliphatic rings. The molecule has 4 heteroatoms. The molecule has 1 saturated heterocycles. The Morgan fingerprint density at radius 2 is 0.871 bits per heavy atom. The van der Waals surface area contributed by atoms with E-state index in [4.69, 9.17) is 0 Å². The second-order valence-electron chi connectivity index (χ2n) is 12.8. The lowest BCUT2D eigenvalue weighted by Gasteiger charge is -2.38. The van der Waals surface area contributed by atoms with Crippen molar-refractivity contribution in [2.75, 3.05) is 26.2 Å². The first kappa shape index (κ1) is 24.6. The highest BCUT2D eigenvalue weighted by Crippen LogP contribution is 2.41. The molecule has 0 atom stereocenters. The zero-order valence-electron chi connectivity index (χ0n) is 21.2. The van der Waals surface area contributed by atoms with E-state index in [1.54, 1.807) is 0 Å². The first-order valence-electron chi connectivity index (χ1n) is 13.0. The highest BCUT2D eigenvalue weighted by atomic mass is 16.2. The van der Waals surface area contributed by atoms with Gasteiger partial charge in [0.15, 0.2) is 0 Å². The van der Waals surface area contributed by atoms with Crippen LogP contribution in [0.3, 0.4) is 0 Å². The minimum absolute atomic E-state index is 0.202. The van der Waals surface area contributed by atoms with Crippen LogP contribution in [0.1, 0.15) is 99.3 Å². The number of carbonyl (C=O) groups is 2. The van der Waals surface area contributed by atoms with Gasteiger partial charge in [-0.25, -0.2) is 0 Å². The Bertz CT molecular complexity index is 560. The van der Waals surface area contributed by atoms with Crippen molar-refractivity contribution in [2.45, 2.75) is 99.3 Å². The highest BCUT2D eigenvalue weighted by molar-refractivity contribution is 5.80. The fourth-order valence-corrected chi connectivity index (χ4v) is 6.29. The number of rotatable bonds is 2. The Kier molecular flexibility index (Phi) is 7.79. The molecule has 0 bridgehead atoms. The fourth-order valence-electron chi connectivity index (χ4n) is 6.29. The SMILES string of the molecule is CC(C)(C)C1CCC(C(=O)N2CCCN(C(=O)C3CCC(C(C)(C)C)CC3)CC2)CC1. The van der Waals surface area contributed by atoms with E-state index in [0.717, 1.165) is 70.1 Å². The highest BCUT2D eigenvalue weighted by Gasteiger charge is 2.36. The zero-order chi connectivity index (χ0) is 22.8. The minimum atomic E-state index is 0.202. The van der Waals surface area contributed by atoms with Crippen molar-refractivity contribution in [3.63, 3.8) is 0 Å². The summed E-state index contributed by atoms with van der Waals surface area (Å²) < 4.78 is 0. The summed E-state index contributed by atoms with van der Waals surface area (Å²) in [6.45, 7) is 17.1. The molecule has 0 spiro atoms. The maximum atomic E-state index is 13.2. The third kappa shape index (κ3) is 6.26. The lowest BCUT2D eigenvalue weighted by Crippen LogP contribution is -2.43. The Morgan fingerprint density at radius 3 is 1.16 bits per heavy atom. The molecule has 1 heterocycles. The molecule has 2 amide bonds. The first-order valence-corrected chi connectivity index (χ1v) is 13.0. The van der Waals surface area contributed by atoms with Crippen LogP contribution in [-0.2, 0) is 9.59 Å². The average molecular weight is 433 g/mol. The summed E-state index contributed by atoms with van der Waals surface area (Å²) in [5, 5.41) is 0. The molecule has 0 aromatic rings. The van der Waals surface area contributed by atoms with Crippen LogP contribution >= 0.6 is 0 Å². The molecule has 0 aromatic carbocycles. The maximum absolute atomic E-state index is 13.2. The third-order valence-corrected chi connectivity index (χ3v) is 8.72. The van der Waals surface area contributed by atoms with Gasteiger partial charge < -0.3 is 9.80 Å². The van der Waals surface area contributed by atoms with E-state index >= 15 is 0 Å². The van der Waals surface area contributed by atoms with Crippen molar-refractivity contribution in [3.8, 4) is 0 Å². The fraction of sp³-hybridized carbons (Fsp3) is 0.926. The van der Waals surface area contributed by atoms with Crippen molar-refractivity contribution in [1.29, 1.82) is 0 Å². The standard InChI is InChI=1S/C27H48N2O2/c1-26(2,3)22-12-8-20(9-13-22)24(30)28-16-7-17-29(19-18-28)25(31)21-10-14-23(15-11-21)27(4,5)6/h20-23H,7-19H2,1-6H3. The molecule has 2 saturated carbocycles. The number of nitrogens with zero attached hydrogens (tertiary/aromatic N) is 2. The maximum Gasteiger partial charge on any atom is 0.225 e.